The minimum Gasteiger partial charge on any atom is -0.368 e. The van der Waals surface area contributed by atoms with Gasteiger partial charge in [-0.25, -0.2) is 4.98 Å². The van der Waals surface area contributed by atoms with Gasteiger partial charge in [0.25, 0.3) is 0 Å². The Morgan fingerprint density at radius 1 is 1.45 bits per heavy atom. The van der Waals surface area contributed by atoms with Crippen LogP contribution < -0.4 is 5.73 Å². The van der Waals surface area contributed by atoms with E-state index in [0.717, 1.165) is 0 Å². The minimum absolute atomic E-state index is 0.195. The van der Waals surface area contributed by atoms with E-state index in [1.54, 1.807) is 0 Å². The molecule has 6 heteroatoms. The zero-order valence-electron chi connectivity index (χ0n) is 5.37. The van der Waals surface area contributed by atoms with Crippen molar-refractivity contribution in [3.05, 3.63) is 11.5 Å². The molecule has 0 aliphatic rings. The van der Waals surface area contributed by atoms with E-state index in [2.05, 4.69) is 19.9 Å². The number of H-pyrrole nitrogens is 1. The molecule has 0 radical (unpaired) electrons. The maximum absolute atomic E-state index is 5.56. The van der Waals surface area contributed by atoms with E-state index in [1.807, 2.05) is 0 Å². The van der Waals surface area contributed by atoms with Crippen LogP contribution in [0.3, 0.4) is 0 Å². The van der Waals surface area contributed by atoms with Gasteiger partial charge in [-0.15, -0.1) is 0 Å². The van der Waals surface area contributed by atoms with Gasteiger partial charge < -0.3 is 10.7 Å². The van der Waals surface area contributed by atoms with E-state index in [9.17, 15) is 0 Å². The molecule has 0 unspecified atom stereocenters. The molecule has 2 heterocycles. The first-order valence-corrected chi connectivity index (χ1v) is 3.27. The van der Waals surface area contributed by atoms with Crippen molar-refractivity contribution in [2.75, 3.05) is 5.73 Å². The van der Waals surface area contributed by atoms with E-state index in [1.165, 1.54) is 6.20 Å². The summed E-state index contributed by atoms with van der Waals surface area (Å²) in [5.41, 5.74) is 6.49. The number of nitrogens with two attached hydrogens (primary N) is 1. The molecule has 0 aliphatic carbocycles. The van der Waals surface area contributed by atoms with Crippen molar-refractivity contribution in [1.29, 1.82) is 0 Å². The lowest BCUT2D eigenvalue weighted by molar-refractivity contribution is 1.22. The molecule has 2 aromatic heterocycles. The maximum Gasteiger partial charge on any atom is 0.222 e. The van der Waals surface area contributed by atoms with Gasteiger partial charge in [-0.2, -0.15) is 9.97 Å². The van der Waals surface area contributed by atoms with Gasteiger partial charge in [0, 0.05) is 0 Å². The molecule has 56 valence electrons. The minimum atomic E-state index is 0.195. The SMILES string of the molecule is Nc1ncc2[nH]c(Cl)nc2n1. The lowest BCUT2D eigenvalue weighted by Gasteiger charge is -1.87. The average Bonchev–Trinajstić information content (AvgIpc) is 2.27. The Kier molecular flexibility index (Phi) is 1.19. The first-order valence-electron chi connectivity index (χ1n) is 2.89. The third kappa shape index (κ3) is 0.988. The van der Waals surface area contributed by atoms with Crippen LogP contribution >= 0.6 is 11.6 Å². The molecular formula is C5H4ClN5. The van der Waals surface area contributed by atoms with Gasteiger partial charge in [-0.05, 0) is 11.6 Å². The zero-order valence-corrected chi connectivity index (χ0v) is 6.13. The zero-order chi connectivity index (χ0) is 7.84. The van der Waals surface area contributed by atoms with Crippen molar-refractivity contribution in [3.8, 4) is 0 Å². The first-order chi connectivity index (χ1) is 5.25. The fourth-order valence-electron chi connectivity index (χ4n) is 0.791. The molecule has 0 aliphatic heterocycles. The van der Waals surface area contributed by atoms with Crippen molar-refractivity contribution in [1.82, 2.24) is 19.9 Å². The summed E-state index contributed by atoms with van der Waals surface area (Å²) in [4.78, 5) is 14.2. The van der Waals surface area contributed by atoms with E-state index >= 15 is 0 Å². The molecule has 0 saturated heterocycles. The monoisotopic (exact) mass is 169 g/mol. The van der Waals surface area contributed by atoms with Gasteiger partial charge in [-0.3, -0.25) is 0 Å². The highest BCUT2D eigenvalue weighted by atomic mass is 35.5. The van der Waals surface area contributed by atoms with Crippen molar-refractivity contribution in [2.24, 2.45) is 0 Å². The highest BCUT2D eigenvalue weighted by Crippen LogP contribution is 2.10. The number of hydrogen-bond acceptors (Lipinski definition) is 4. The summed E-state index contributed by atoms with van der Waals surface area (Å²) in [7, 11) is 0. The number of hydrogen-bond donors (Lipinski definition) is 2. The predicted octanol–water partition coefficient (Wildman–Crippen LogP) is 0.588. The second-order valence-corrected chi connectivity index (χ2v) is 2.35. The fraction of sp³-hybridized carbons (Fsp3) is 0. The summed E-state index contributed by atoms with van der Waals surface area (Å²) >= 11 is 5.56. The van der Waals surface area contributed by atoms with Crippen LogP contribution in [0.4, 0.5) is 5.95 Å². The van der Waals surface area contributed by atoms with Gasteiger partial charge >= 0.3 is 0 Å². The van der Waals surface area contributed by atoms with Crippen LogP contribution in [0.25, 0.3) is 11.2 Å². The van der Waals surface area contributed by atoms with Crippen molar-refractivity contribution in [3.63, 3.8) is 0 Å². The topological polar surface area (TPSA) is 80.5 Å². The lowest BCUT2D eigenvalue weighted by Crippen LogP contribution is -1.93. The third-order valence-electron chi connectivity index (χ3n) is 1.23. The molecule has 0 atom stereocenters. The van der Waals surface area contributed by atoms with E-state index < -0.39 is 0 Å². The second kappa shape index (κ2) is 2.06. The maximum atomic E-state index is 5.56. The molecule has 3 N–H and O–H groups in total. The molecule has 2 rings (SSSR count). The van der Waals surface area contributed by atoms with Crippen LogP contribution in [0.1, 0.15) is 0 Å². The number of imidazole rings is 1. The third-order valence-corrected chi connectivity index (χ3v) is 1.41. The van der Waals surface area contributed by atoms with E-state index in [4.69, 9.17) is 17.3 Å². The average molecular weight is 170 g/mol. The Hall–Kier alpha value is -1.36. The number of halogens is 1. The van der Waals surface area contributed by atoms with Crippen LogP contribution in [0.15, 0.2) is 6.20 Å². The normalized spacial score (nSPS) is 10.6. The lowest BCUT2D eigenvalue weighted by atomic mass is 10.6. The molecule has 0 bridgehead atoms. The van der Waals surface area contributed by atoms with Gasteiger partial charge in [0.15, 0.2) is 5.65 Å². The Balaban J connectivity index is 2.82. The van der Waals surface area contributed by atoms with Gasteiger partial charge in [0.1, 0.15) is 5.52 Å². The number of nitrogens with one attached hydrogen (secondary N) is 1. The molecule has 0 aromatic carbocycles. The quantitative estimate of drug-likeness (QED) is 0.566. The number of rotatable bonds is 0. The van der Waals surface area contributed by atoms with Crippen LogP contribution in [0, 0.1) is 0 Å². The fourth-order valence-corrected chi connectivity index (χ4v) is 0.973. The molecule has 0 saturated carbocycles. The summed E-state index contributed by atoms with van der Waals surface area (Å²) < 4.78 is 0. The van der Waals surface area contributed by atoms with Gasteiger partial charge in [0.05, 0.1) is 6.20 Å². The predicted molar refractivity (Wildman–Crippen MR) is 41.1 cm³/mol. The molecule has 0 fully saturated rings. The first kappa shape index (κ1) is 6.36. The summed E-state index contributed by atoms with van der Waals surface area (Å²) in [6, 6.07) is 0. The molecule has 0 amide bonds. The van der Waals surface area contributed by atoms with Crippen LogP contribution in [0.2, 0.25) is 5.28 Å². The number of fused-ring (bicyclic) bond motifs is 1. The molecule has 2 aromatic rings. The molecular weight excluding hydrogens is 166 g/mol. The highest BCUT2D eigenvalue weighted by molar-refractivity contribution is 6.28. The summed E-state index contributed by atoms with van der Waals surface area (Å²) in [5, 5.41) is 0.292. The molecule has 0 spiro atoms. The number of anilines is 1. The molecule has 5 nitrogen and oxygen atoms in total. The smallest absolute Gasteiger partial charge is 0.222 e. The number of nitrogens with zero attached hydrogens (tertiary/aromatic N) is 3. The summed E-state index contributed by atoms with van der Waals surface area (Å²) in [6.45, 7) is 0. The second-order valence-electron chi connectivity index (χ2n) is 1.99. The number of aromatic nitrogens is 4. The summed E-state index contributed by atoms with van der Waals surface area (Å²) in [5.74, 6) is 0.195. The number of nitrogen functional groups attached to an aromatic ring is 1. The summed E-state index contributed by atoms with van der Waals surface area (Å²) in [6.07, 6.45) is 1.54. The highest BCUT2D eigenvalue weighted by Gasteiger charge is 2.01. The van der Waals surface area contributed by atoms with Crippen LogP contribution in [0.5, 0.6) is 0 Å². The number of aromatic amines is 1. The standard InChI is InChI=1S/C5H4ClN5/c6-4-9-2-1-8-5(7)11-3(2)10-4/h1H,(H3,7,8,9,10,11). The van der Waals surface area contributed by atoms with Gasteiger partial charge in [-0.1, -0.05) is 0 Å². The van der Waals surface area contributed by atoms with Crippen LogP contribution in [-0.4, -0.2) is 19.9 Å². The Labute approximate surface area is 66.6 Å². The van der Waals surface area contributed by atoms with Crippen molar-refractivity contribution in [2.45, 2.75) is 0 Å². The Bertz CT molecular complexity index is 395. The van der Waals surface area contributed by atoms with Gasteiger partial charge in [0.2, 0.25) is 11.2 Å². The van der Waals surface area contributed by atoms with E-state index in [-0.39, 0.29) is 5.95 Å². The van der Waals surface area contributed by atoms with Crippen molar-refractivity contribution < 1.29 is 0 Å². The molecule has 11 heavy (non-hydrogen) atoms. The van der Waals surface area contributed by atoms with Crippen molar-refractivity contribution >= 4 is 28.7 Å². The van der Waals surface area contributed by atoms with E-state index in [0.29, 0.717) is 16.4 Å². The largest absolute Gasteiger partial charge is 0.368 e. The van der Waals surface area contributed by atoms with Crippen LogP contribution in [-0.2, 0) is 0 Å². The Morgan fingerprint density at radius 3 is 3.09 bits per heavy atom. The Morgan fingerprint density at radius 2 is 2.27 bits per heavy atom.